The van der Waals surface area contributed by atoms with Crippen LogP contribution in [0.15, 0.2) is 48.7 Å². The number of benzene rings is 1. The van der Waals surface area contributed by atoms with Crippen LogP contribution in [0.4, 0.5) is 10.6 Å². The minimum Gasteiger partial charge on any atom is -0.486 e. The molecule has 7 heteroatoms. The molecule has 2 amide bonds. The van der Waals surface area contributed by atoms with Gasteiger partial charge in [-0.3, -0.25) is 0 Å². The van der Waals surface area contributed by atoms with Crippen molar-refractivity contribution in [2.45, 2.75) is 6.10 Å². The Labute approximate surface area is 152 Å². The Kier molecular flexibility index (Phi) is 4.77. The summed E-state index contributed by atoms with van der Waals surface area (Å²) in [6.07, 6.45) is 1.61. The van der Waals surface area contributed by atoms with E-state index in [1.807, 2.05) is 47.4 Å². The molecule has 4 rings (SSSR count). The predicted octanol–water partition coefficient (Wildman–Crippen LogP) is 1.75. The van der Waals surface area contributed by atoms with E-state index in [4.69, 9.17) is 9.47 Å². The van der Waals surface area contributed by atoms with E-state index in [9.17, 15) is 4.79 Å². The molecule has 1 aromatic carbocycles. The van der Waals surface area contributed by atoms with E-state index in [1.54, 1.807) is 6.20 Å². The summed E-state index contributed by atoms with van der Waals surface area (Å²) >= 11 is 0. The molecule has 0 radical (unpaired) electrons. The summed E-state index contributed by atoms with van der Waals surface area (Å²) in [5.41, 5.74) is 0. The second-order valence-electron chi connectivity index (χ2n) is 6.35. The summed E-state index contributed by atoms with van der Waals surface area (Å²) in [5, 5.41) is 2.96. The zero-order chi connectivity index (χ0) is 17.8. The first-order valence-electron chi connectivity index (χ1n) is 8.87. The summed E-state index contributed by atoms with van der Waals surface area (Å²) in [6.45, 7) is 3.76. The van der Waals surface area contributed by atoms with Gasteiger partial charge >= 0.3 is 6.03 Å². The fraction of sp³-hybridized carbons (Fsp3) is 0.368. The van der Waals surface area contributed by atoms with Crippen LogP contribution in [0.5, 0.6) is 11.5 Å². The molecule has 1 unspecified atom stereocenters. The normalized spacial score (nSPS) is 19.2. The van der Waals surface area contributed by atoms with Gasteiger partial charge in [0, 0.05) is 32.4 Å². The summed E-state index contributed by atoms with van der Waals surface area (Å²) in [5.74, 6) is 2.43. The molecule has 26 heavy (non-hydrogen) atoms. The number of carbonyl (C=O) groups is 1. The quantitative estimate of drug-likeness (QED) is 0.910. The van der Waals surface area contributed by atoms with Crippen molar-refractivity contribution in [1.29, 1.82) is 0 Å². The molecule has 7 nitrogen and oxygen atoms in total. The van der Waals surface area contributed by atoms with Gasteiger partial charge in [0.1, 0.15) is 12.4 Å². The second-order valence-corrected chi connectivity index (χ2v) is 6.35. The van der Waals surface area contributed by atoms with E-state index in [2.05, 4.69) is 15.2 Å². The molecule has 1 saturated heterocycles. The van der Waals surface area contributed by atoms with Gasteiger partial charge in [0.25, 0.3) is 0 Å². The minimum atomic E-state index is -0.177. The van der Waals surface area contributed by atoms with Crippen LogP contribution < -0.4 is 19.7 Å². The minimum absolute atomic E-state index is 0.0619. The third-order valence-electron chi connectivity index (χ3n) is 4.59. The van der Waals surface area contributed by atoms with Gasteiger partial charge in [0.05, 0.1) is 6.54 Å². The number of amides is 2. The first-order valence-corrected chi connectivity index (χ1v) is 8.87. The van der Waals surface area contributed by atoms with Crippen LogP contribution in [0.25, 0.3) is 0 Å². The van der Waals surface area contributed by atoms with E-state index in [1.165, 1.54) is 0 Å². The standard InChI is InChI=1S/C19H22N4O3/c24-19(21-13-15-14-25-16-5-1-2-6-17(16)26-15)23-11-9-22(10-12-23)18-7-3-4-8-20-18/h1-8,15H,9-14H2,(H,21,24). The summed E-state index contributed by atoms with van der Waals surface area (Å²) in [7, 11) is 0. The highest BCUT2D eigenvalue weighted by Gasteiger charge is 2.24. The predicted molar refractivity (Wildman–Crippen MR) is 97.8 cm³/mol. The summed E-state index contributed by atoms with van der Waals surface area (Å²) in [6, 6.07) is 13.4. The summed E-state index contributed by atoms with van der Waals surface area (Å²) in [4.78, 5) is 20.8. The number of nitrogens with one attached hydrogen (secondary N) is 1. The third kappa shape index (κ3) is 3.66. The molecule has 0 saturated carbocycles. The van der Waals surface area contributed by atoms with Gasteiger partial charge in [-0.25, -0.2) is 9.78 Å². The van der Waals surface area contributed by atoms with Crippen molar-refractivity contribution in [2.75, 3.05) is 44.2 Å². The first-order chi connectivity index (χ1) is 12.8. The molecule has 0 spiro atoms. The molecule has 0 aliphatic carbocycles. The number of fused-ring (bicyclic) bond motifs is 1. The smallest absolute Gasteiger partial charge is 0.317 e. The number of anilines is 1. The van der Waals surface area contributed by atoms with Crippen LogP contribution in [0, 0.1) is 0 Å². The highest BCUT2D eigenvalue weighted by atomic mass is 16.6. The van der Waals surface area contributed by atoms with Crippen molar-refractivity contribution in [3.8, 4) is 11.5 Å². The van der Waals surface area contributed by atoms with E-state index < -0.39 is 0 Å². The lowest BCUT2D eigenvalue weighted by Crippen LogP contribution is -2.53. The average molecular weight is 354 g/mol. The number of piperazine rings is 1. The molecule has 1 atom stereocenters. The molecule has 2 aliphatic heterocycles. The Balaban J connectivity index is 1.24. The molecule has 0 bridgehead atoms. The van der Waals surface area contributed by atoms with Crippen molar-refractivity contribution in [2.24, 2.45) is 0 Å². The fourth-order valence-electron chi connectivity index (χ4n) is 3.16. The molecule has 136 valence electrons. The van der Waals surface area contributed by atoms with E-state index in [0.29, 0.717) is 26.2 Å². The molecule has 3 heterocycles. The zero-order valence-corrected chi connectivity index (χ0v) is 14.5. The number of urea groups is 1. The molecular weight excluding hydrogens is 332 g/mol. The number of carbonyl (C=O) groups excluding carboxylic acids is 1. The number of aromatic nitrogens is 1. The molecule has 2 aromatic rings. The van der Waals surface area contributed by atoms with E-state index in [0.717, 1.165) is 30.4 Å². The van der Waals surface area contributed by atoms with Crippen LogP contribution in [0.3, 0.4) is 0 Å². The largest absolute Gasteiger partial charge is 0.486 e. The van der Waals surface area contributed by atoms with Crippen LogP contribution in [0.2, 0.25) is 0 Å². The number of pyridine rings is 1. The molecule has 2 aliphatic rings. The van der Waals surface area contributed by atoms with Gasteiger partial charge in [0.2, 0.25) is 0 Å². The Hall–Kier alpha value is -2.96. The topological polar surface area (TPSA) is 66.9 Å². The zero-order valence-electron chi connectivity index (χ0n) is 14.5. The van der Waals surface area contributed by atoms with Gasteiger partial charge in [-0.15, -0.1) is 0 Å². The molecular formula is C19H22N4O3. The van der Waals surface area contributed by atoms with Crippen molar-refractivity contribution in [3.63, 3.8) is 0 Å². The van der Waals surface area contributed by atoms with Crippen LogP contribution in [-0.4, -0.2) is 61.3 Å². The highest BCUT2D eigenvalue weighted by Crippen LogP contribution is 2.30. The van der Waals surface area contributed by atoms with Crippen molar-refractivity contribution in [3.05, 3.63) is 48.7 Å². The first kappa shape index (κ1) is 16.5. The fourth-order valence-corrected chi connectivity index (χ4v) is 3.16. The average Bonchev–Trinajstić information content (AvgIpc) is 2.72. The third-order valence-corrected chi connectivity index (χ3v) is 4.59. The van der Waals surface area contributed by atoms with Gasteiger partial charge < -0.3 is 24.6 Å². The van der Waals surface area contributed by atoms with Crippen LogP contribution in [-0.2, 0) is 0 Å². The van der Waals surface area contributed by atoms with Crippen molar-refractivity contribution < 1.29 is 14.3 Å². The number of rotatable bonds is 3. The lowest BCUT2D eigenvalue weighted by atomic mass is 10.2. The molecule has 1 fully saturated rings. The summed E-state index contributed by atoms with van der Waals surface area (Å²) < 4.78 is 11.5. The van der Waals surface area contributed by atoms with Crippen LogP contribution in [0.1, 0.15) is 0 Å². The highest BCUT2D eigenvalue weighted by molar-refractivity contribution is 5.74. The van der Waals surface area contributed by atoms with Gasteiger partial charge in [-0.05, 0) is 24.3 Å². The Morgan fingerprint density at radius 3 is 2.62 bits per heavy atom. The monoisotopic (exact) mass is 354 g/mol. The number of para-hydroxylation sites is 2. The maximum Gasteiger partial charge on any atom is 0.317 e. The van der Waals surface area contributed by atoms with E-state index >= 15 is 0 Å². The van der Waals surface area contributed by atoms with Crippen LogP contribution >= 0.6 is 0 Å². The van der Waals surface area contributed by atoms with Gasteiger partial charge in [-0.1, -0.05) is 18.2 Å². The maximum atomic E-state index is 12.4. The number of nitrogens with zero attached hydrogens (tertiary/aromatic N) is 3. The Morgan fingerprint density at radius 1 is 1.08 bits per heavy atom. The van der Waals surface area contributed by atoms with Gasteiger partial charge in [0.15, 0.2) is 17.6 Å². The van der Waals surface area contributed by atoms with Crippen molar-refractivity contribution >= 4 is 11.8 Å². The van der Waals surface area contributed by atoms with E-state index in [-0.39, 0.29) is 12.1 Å². The lowest BCUT2D eigenvalue weighted by Gasteiger charge is -2.35. The number of hydrogen-bond donors (Lipinski definition) is 1. The number of ether oxygens (including phenoxy) is 2. The van der Waals surface area contributed by atoms with Crippen molar-refractivity contribution in [1.82, 2.24) is 15.2 Å². The Bertz CT molecular complexity index is 747. The maximum absolute atomic E-state index is 12.4. The molecule has 1 aromatic heterocycles. The molecule has 1 N–H and O–H groups in total. The SMILES string of the molecule is O=C(NCC1COc2ccccc2O1)N1CCN(c2ccccn2)CC1. The lowest BCUT2D eigenvalue weighted by molar-refractivity contribution is 0.0900. The number of hydrogen-bond acceptors (Lipinski definition) is 5. The Morgan fingerprint density at radius 2 is 1.85 bits per heavy atom. The second kappa shape index (κ2) is 7.51. The van der Waals surface area contributed by atoms with Gasteiger partial charge in [-0.2, -0.15) is 0 Å².